The maximum Gasteiger partial charge on any atom is 0.417 e. The quantitative estimate of drug-likeness (QED) is 0.813. The van der Waals surface area contributed by atoms with Crippen molar-refractivity contribution in [2.24, 2.45) is 0 Å². The van der Waals surface area contributed by atoms with Crippen LogP contribution in [0.5, 0.6) is 0 Å². The van der Waals surface area contributed by atoms with Gasteiger partial charge in [0.25, 0.3) is 0 Å². The number of nitrogens with zero attached hydrogens (tertiary/aromatic N) is 4. The maximum absolute atomic E-state index is 12.9. The lowest BCUT2D eigenvalue weighted by Crippen LogP contribution is -2.38. The summed E-state index contributed by atoms with van der Waals surface area (Å²) in [5.41, 5.74) is -0.358. The number of hydrogen-bond acceptors (Lipinski definition) is 3. The standard InChI is InChI=1S/C14H15F3N4O/c1-9(22)20-6-2-3-10(7-20)13-19-18-12-5-4-11(8-21(12)13)14(15,16)17/h4-5,8,10H,2-3,6-7H2,1H3/t10-/m0/s1. The Hall–Kier alpha value is -2.12. The topological polar surface area (TPSA) is 50.5 Å². The van der Waals surface area contributed by atoms with Gasteiger partial charge in [-0.1, -0.05) is 0 Å². The van der Waals surface area contributed by atoms with Crippen LogP contribution in [0.15, 0.2) is 18.3 Å². The number of hydrogen-bond donors (Lipinski definition) is 0. The first kappa shape index (κ1) is 14.8. The second kappa shape index (κ2) is 5.26. The van der Waals surface area contributed by atoms with E-state index in [4.69, 9.17) is 0 Å². The molecule has 1 aliphatic heterocycles. The van der Waals surface area contributed by atoms with Crippen LogP contribution in [0.2, 0.25) is 0 Å². The average molecular weight is 312 g/mol. The number of piperidine rings is 1. The summed E-state index contributed by atoms with van der Waals surface area (Å²) < 4.78 is 40.0. The number of halogens is 3. The lowest BCUT2D eigenvalue weighted by molar-refractivity contribution is -0.137. The highest BCUT2D eigenvalue weighted by Gasteiger charge is 2.32. The first-order valence-electron chi connectivity index (χ1n) is 7.03. The van der Waals surface area contributed by atoms with E-state index in [9.17, 15) is 18.0 Å². The summed E-state index contributed by atoms with van der Waals surface area (Å²) in [7, 11) is 0. The third-order valence-electron chi connectivity index (χ3n) is 3.99. The highest BCUT2D eigenvalue weighted by atomic mass is 19.4. The minimum Gasteiger partial charge on any atom is -0.342 e. The third-order valence-corrected chi connectivity index (χ3v) is 3.99. The van der Waals surface area contributed by atoms with Gasteiger partial charge in [-0.05, 0) is 25.0 Å². The number of fused-ring (bicyclic) bond motifs is 1. The number of carbonyl (C=O) groups excluding carboxylic acids is 1. The molecule has 0 saturated carbocycles. The fourth-order valence-corrected chi connectivity index (χ4v) is 2.83. The van der Waals surface area contributed by atoms with Crippen LogP contribution < -0.4 is 0 Å². The number of alkyl halides is 3. The predicted octanol–water partition coefficient (Wildman–Crippen LogP) is 2.47. The molecular formula is C14H15F3N4O. The van der Waals surface area contributed by atoms with E-state index in [0.29, 0.717) is 24.6 Å². The number of carbonyl (C=O) groups is 1. The van der Waals surface area contributed by atoms with Gasteiger partial charge < -0.3 is 4.90 Å². The van der Waals surface area contributed by atoms with Crippen LogP contribution in [0.3, 0.4) is 0 Å². The van der Waals surface area contributed by atoms with Crippen molar-refractivity contribution in [2.75, 3.05) is 13.1 Å². The van der Waals surface area contributed by atoms with Crippen molar-refractivity contribution in [3.63, 3.8) is 0 Å². The molecule has 0 aliphatic carbocycles. The largest absolute Gasteiger partial charge is 0.417 e. The second-order valence-electron chi connectivity index (χ2n) is 5.51. The van der Waals surface area contributed by atoms with Crippen LogP contribution in [0.4, 0.5) is 13.2 Å². The van der Waals surface area contributed by atoms with Gasteiger partial charge >= 0.3 is 6.18 Å². The zero-order valence-corrected chi connectivity index (χ0v) is 12.0. The Morgan fingerprint density at radius 3 is 2.77 bits per heavy atom. The highest BCUT2D eigenvalue weighted by molar-refractivity contribution is 5.73. The van der Waals surface area contributed by atoms with Gasteiger partial charge in [-0.2, -0.15) is 13.2 Å². The Morgan fingerprint density at radius 1 is 1.32 bits per heavy atom. The molecule has 8 heteroatoms. The molecule has 1 amide bonds. The van der Waals surface area contributed by atoms with E-state index in [0.717, 1.165) is 25.1 Å². The molecule has 2 aromatic heterocycles. The lowest BCUT2D eigenvalue weighted by atomic mass is 9.97. The van der Waals surface area contributed by atoms with Gasteiger partial charge in [-0.25, -0.2) is 0 Å². The Bertz CT molecular complexity index is 710. The monoisotopic (exact) mass is 312 g/mol. The summed E-state index contributed by atoms with van der Waals surface area (Å²) in [6.07, 6.45) is -1.80. The zero-order chi connectivity index (χ0) is 15.9. The fraction of sp³-hybridized carbons (Fsp3) is 0.500. The molecule has 3 heterocycles. The fourth-order valence-electron chi connectivity index (χ4n) is 2.83. The molecule has 3 rings (SSSR count). The van der Waals surface area contributed by atoms with E-state index in [1.807, 2.05) is 0 Å². The van der Waals surface area contributed by atoms with E-state index < -0.39 is 11.7 Å². The molecule has 0 N–H and O–H groups in total. The Morgan fingerprint density at radius 2 is 2.09 bits per heavy atom. The van der Waals surface area contributed by atoms with E-state index >= 15 is 0 Å². The molecule has 5 nitrogen and oxygen atoms in total. The van der Waals surface area contributed by atoms with Crippen molar-refractivity contribution >= 4 is 11.6 Å². The van der Waals surface area contributed by atoms with Crippen molar-refractivity contribution in [2.45, 2.75) is 31.9 Å². The number of pyridine rings is 1. The molecule has 1 saturated heterocycles. The van der Waals surface area contributed by atoms with Crippen molar-refractivity contribution in [3.05, 3.63) is 29.7 Å². The minimum absolute atomic E-state index is 0.0329. The van der Waals surface area contributed by atoms with Gasteiger partial charge in [0.1, 0.15) is 5.82 Å². The Kier molecular flexibility index (Phi) is 3.54. The van der Waals surface area contributed by atoms with E-state index in [1.165, 1.54) is 17.4 Å². The van der Waals surface area contributed by atoms with Crippen LogP contribution in [0.1, 0.15) is 37.1 Å². The van der Waals surface area contributed by atoms with E-state index in [-0.39, 0.29) is 11.8 Å². The Balaban J connectivity index is 1.98. The van der Waals surface area contributed by atoms with Crippen LogP contribution in [-0.2, 0) is 11.0 Å². The second-order valence-corrected chi connectivity index (χ2v) is 5.51. The Labute approximate surface area is 124 Å². The summed E-state index contributed by atoms with van der Waals surface area (Å²) in [6.45, 7) is 2.63. The number of rotatable bonds is 1. The SMILES string of the molecule is CC(=O)N1CCC[C@H](c2nnc3ccc(C(F)(F)F)cn23)C1. The normalized spacial score (nSPS) is 19.6. The zero-order valence-electron chi connectivity index (χ0n) is 12.0. The van der Waals surface area contributed by atoms with Crippen molar-refractivity contribution in [3.8, 4) is 0 Å². The maximum atomic E-state index is 12.9. The molecule has 1 fully saturated rings. The molecule has 2 aromatic rings. The molecule has 0 bridgehead atoms. The summed E-state index contributed by atoms with van der Waals surface area (Å²) in [5.74, 6) is 0.345. The predicted molar refractivity (Wildman–Crippen MR) is 72.2 cm³/mol. The van der Waals surface area contributed by atoms with E-state index in [1.54, 1.807) is 4.90 Å². The van der Waals surface area contributed by atoms with Gasteiger partial charge in [-0.3, -0.25) is 9.20 Å². The van der Waals surface area contributed by atoms with Gasteiger partial charge in [-0.15, -0.1) is 10.2 Å². The van der Waals surface area contributed by atoms with Gasteiger partial charge in [0.2, 0.25) is 5.91 Å². The first-order chi connectivity index (χ1) is 10.4. The average Bonchev–Trinajstić information content (AvgIpc) is 2.89. The van der Waals surface area contributed by atoms with Crippen molar-refractivity contribution in [1.29, 1.82) is 0 Å². The molecule has 0 radical (unpaired) electrons. The van der Waals surface area contributed by atoms with Gasteiger partial charge in [0.05, 0.1) is 5.56 Å². The molecule has 0 aromatic carbocycles. The summed E-state index contributed by atoms with van der Waals surface area (Å²) in [5, 5.41) is 7.97. The summed E-state index contributed by atoms with van der Waals surface area (Å²) in [4.78, 5) is 13.2. The summed E-state index contributed by atoms with van der Waals surface area (Å²) in [6, 6.07) is 2.31. The van der Waals surface area contributed by atoms with Crippen molar-refractivity contribution in [1.82, 2.24) is 19.5 Å². The number of likely N-dealkylation sites (tertiary alicyclic amines) is 1. The van der Waals surface area contributed by atoms with Gasteiger partial charge in [0.15, 0.2) is 5.65 Å². The van der Waals surface area contributed by atoms with Gasteiger partial charge in [0, 0.05) is 32.1 Å². The first-order valence-corrected chi connectivity index (χ1v) is 7.03. The van der Waals surface area contributed by atoms with Crippen LogP contribution in [0, 0.1) is 0 Å². The number of aromatic nitrogens is 3. The van der Waals surface area contributed by atoms with E-state index in [2.05, 4.69) is 10.2 Å². The molecular weight excluding hydrogens is 297 g/mol. The smallest absolute Gasteiger partial charge is 0.342 e. The minimum atomic E-state index is -4.41. The van der Waals surface area contributed by atoms with Crippen LogP contribution in [0.25, 0.3) is 5.65 Å². The molecule has 22 heavy (non-hydrogen) atoms. The molecule has 1 atom stereocenters. The third kappa shape index (κ3) is 2.65. The highest BCUT2D eigenvalue weighted by Crippen LogP contribution is 2.31. The van der Waals surface area contributed by atoms with Crippen LogP contribution in [-0.4, -0.2) is 38.5 Å². The molecule has 0 unspecified atom stereocenters. The summed E-state index contributed by atoms with van der Waals surface area (Å²) >= 11 is 0. The molecule has 1 aliphatic rings. The van der Waals surface area contributed by atoms with Crippen LogP contribution >= 0.6 is 0 Å². The lowest BCUT2D eigenvalue weighted by Gasteiger charge is -2.31. The molecule has 0 spiro atoms. The number of amides is 1. The van der Waals surface area contributed by atoms with Crippen molar-refractivity contribution < 1.29 is 18.0 Å². The molecule has 118 valence electrons.